The molecule has 30 heavy (non-hydrogen) atoms. The Morgan fingerprint density at radius 3 is 1.67 bits per heavy atom. The predicted octanol–water partition coefficient (Wildman–Crippen LogP) is 7.46. The minimum absolute atomic E-state index is 0.143. The van der Waals surface area contributed by atoms with Crippen LogP contribution >= 0.6 is 0 Å². The van der Waals surface area contributed by atoms with E-state index in [1.165, 1.54) is 38.5 Å². The predicted molar refractivity (Wildman–Crippen MR) is 123 cm³/mol. The zero-order valence-electron chi connectivity index (χ0n) is 17.7. The van der Waals surface area contributed by atoms with Gasteiger partial charge in [0, 0.05) is 22.9 Å². The van der Waals surface area contributed by atoms with Crippen molar-refractivity contribution >= 4 is 27.6 Å². The Labute approximate surface area is 179 Å². The minimum atomic E-state index is -0.143. The lowest BCUT2D eigenvalue weighted by Crippen LogP contribution is -2.50. The van der Waals surface area contributed by atoms with Gasteiger partial charge in [0.15, 0.2) is 0 Å². The summed E-state index contributed by atoms with van der Waals surface area (Å²) in [5.41, 5.74) is 0. The van der Waals surface area contributed by atoms with E-state index in [1.807, 2.05) is 24.3 Å². The number of carbonyl (C=O) groups excluding carboxylic acids is 1. The molecule has 0 unspecified atom stereocenters. The Balaban J connectivity index is 1.53. The monoisotopic (exact) mass is 401 g/mol. The fourth-order valence-corrected chi connectivity index (χ4v) is 5.54. The van der Waals surface area contributed by atoms with Gasteiger partial charge in [0.1, 0.15) is 5.75 Å². The van der Waals surface area contributed by atoms with Crippen LogP contribution in [0.1, 0.15) is 64.2 Å². The van der Waals surface area contributed by atoms with E-state index < -0.39 is 0 Å². The SMILES string of the molecule is O=C(Oc1c2ccccc2cc2ccccc12)N(C1CCCCC1)C1CCCCC1. The lowest BCUT2D eigenvalue weighted by atomic mass is 9.89. The van der Waals surface area contributed by atoms with Crippen molar-refractivity contribution in [2.75, 3.05) is 0 Å². The molecule has 0 heterocycles. The maximum atomic E-state index is 13.7. The third-order valence-corrected chi connectivity index (χ3v) is 7.06. The van der Waals surface area contributed by atoms with Crippen molar-refractivity contribution in [2.45, 2.75) is 76.3 Å². The number of rotatable bonds is 3. The largest absolute Gasteiger partial charge is 0.415 e. The lowest BCUT2D eigenvalue weighted by molar-refractivity contribution is 0.0762. The summed E-state index contributed by atoms with van der Waals surface area (Å²) < 4.78 is 6.30. The molecular weight excluding hydrogens is 370 g/mol. The van der Waals surface area contributed by atoms with Gasteiger partial charge >= 0.3 is 6.09 Å². The van der Waals surface area contributed by atoms with Crippen LogP contribution in [0.25, 0.3) is 21.5 Å². The van der Waals surface area contributed by atoms with Crippen molar-refractivity contribution in [3.05, 3.63) is 54.6 Å². The summed E-state index contributed by atoms with van der Waals surface area (Å²) in [7, 11) is 0. The first-order valence-electron chi connectivity index (χ1n) is 11.7. The molecule has 2 saturated carbocycles. The van der Waals surface area contributed by atoms with Crippen LogP contribution in [0.5, 0.6) is 5.75 Å². The van der Waals surface area contributed by atoms with Gasteiger partial charge in [-0.15, -0.1) is 0 Å². The summed E-state index contributed by atoms with van der Waals surface area (Å²) >= 11 is 0. The van der Waals surface area contributed by atoms with Gasteiger partial charge < -0.3 is 9.64 Å². The van der Waals surface area contributed by atoms with Crippen molar-refractivity contribution in [3.63, 3.8) is 0 Å². The maximum absolute atomic E-state index is 13.7. The first-order chi connectivity index (χ1) is 14.8. The number of amides is 1. The van der Waals surface area contributed by atoms with E-state index in [-0.39, 0.29) is 6.09 Å². The van der Waals surface area contributed by atoms with Gasteiger partial charge in [-0.1, -0.05) is 87.1 Å². The molecule has 0 atom stereocenters. The number of hydrogen-bond donors (Lipinski definition) is 0. The summed E-state index contributed by atoms with van der Waals surface area (Å²) in [4.78, 5) is 15.8. The van der Waals surface area contributed by atoms with Gasteiger partial charge in [-0.25, -0.2) is 4.79 Å². The molecule has 0 radical (unpaired) electrons. The molecule has 156 valence electrons. The highest BCUT2D eigenvalue weighted by molar-refractivity contribution is 6.06. The van der Waals surface area contributed by atoms with E-state index in [4.69, 9.17) is 4.74 Å². The molecule has 0 saturated heterocycles. The third kappa shape index (κ3) is 3.78. The second-order valence-electron chi connectivity index (χ2n) is 9.01. The quantitative estimate of drug-likeness (QED) is 0.426. The average Bonchev–Trinajstić information content (AvgIpc) is 2.80. The van der Waals surface area contributed by atoms with Gasteiger partial charge in [-0.05, 0) is 42.5 Å². The molecule has 0 aromatic heterocycles. The van der Waals surface area contributed by atoms with Crippen LogP contribution in [0.3, 0.4) is 0 Å². The normalized spacial score (nSPS) is 18.5. The number of nitrogens with zero attached hydrogens (tertiary/aromatic N) is 1. The molecule has 1 amide bonds. The van der Waals surface area contributed by atoms with Gasteiger partial charge in [0.25, 0.3) is 0 Å². The van der Waals surface area contributed by atoms with Crippen LogP contribution in [-0.4, -0.2) is 23.1 Å². The molecule has 5 rings (SSSR count). The Bertz CT molecular complexity index is 959. The maximum Gasteiger partial charge on any atom is 0.415 e. The highest BCUT2D eigenvalue weighted by atomic mass is 16.6. The second-order valence-corrected chi connectivity index (χ2v) is 9.01. The number of fused-ring (bicyclic) bond motifs is 2. The van der Waals surface area contributed by atoms with Crippen LogP contribution in [0, 0.1) is 0 Å². The summed E-state index contributed by atoms with van der Waals surface area (Å²) in [6.45, 7) is 0. The number of hydrogen-bond acceptors (Lipinski definition) is 2. The minimum Gasteiger partial charge on any atom is -0.409 e. The number of ether oxygens (including phenoxy) is 1. The third-order valence-electron chi connectivity index (χ3n) is 7.06. The molecular formula is C27H31NO2. The van der Waals surface area contributed by atoms with E-state index >= 15 is 0 Å². The topological polar surface area (TPSA) is 29.5 Å². The molecule has 0 aliphatic heterocycles. The Morgan fingerprint density at radius 2 is 1.17 bits per heavy atom. The van der Waals surface area contributed by atoms with Crippen LogP contribution in [0.4, 0.5) is 4.79 Å². The van der Waals surface area contributed by atoms with Crippen LogP contribution in [0.15, 0.2) is 54.6 Å². The van der Waals surface area contributed by atoms with Crippen molar-refractivity contribution in [2.24, 2.45) is 0 Å². The highest BCUT2D eigenvalue weighted by Crippen LogP contribution is 2.37. The average molecular weight is 402 g/mol. The first-order valence-corrected chi connectivity index (χ1v) is 11.7. The van der Waals surface area contributed by atoms with Crippen molar-refractivity contribution in [3.8, 4) is 5.75 Å². The van der Waals surface area contributed by atoms with Gasteiger partial charge in [-0.3, -0.25) is 0 Å². The molecule has 3 aromatic rings. The van der Waals surface area contributed by atoms with Crippen molar-refractivity contribution in [1.29, 1.82) is 0 Å². The molecule has 2 aliphatic rings. The summed E-state index contributed by atoms with van der Waals surface area (Å²) in [5, 5.41) is 4.25. The van der Waals surface area contributed by atoms with Crippen LogP contribution in [-0.2, 0) is 0 Å². The fourth-order valence-electron chi connectivity index (χ4n) is 5.54. The van der Waals surface area contributed by atoms with Crippen molar-refractivity contribution in [1.82, 2.24) is 4.90 Å². The van der Waals surface area contributed by atoms with Gasteiger partial charge in [-0.2, -0.15) is 0 Å². The highest BCUT2D eigenvalue weighted by Gasteiger charge is 2.34. The second kappa shape index (κ2) is 8.67. The standard InChI is InChI=1S/C27H31NO2/c29-27(28(22-13-3-1-4-14-22)23-15-5-2-6-16-23)30-26-24-17-9-7-11-20(24)19-21-12-8-10-18-25(21)26/h7-12,17-19,22-23H,1-6,13-16H2. The molecule has 0 spiro atoms. The fraction of sp³-hybridized carbons (Fsp3) is 0.444. The Hall–Kier alpha value is -2.55. The molecule has 3 heteroatoms. The van der Waals surface area contributed by atoms with Crippen molar-refractivity contribution < 1.29 is 9.53 Å². The Kier molecular flexibility index (Phi) is 5.61. The van der Waals surface area contributed by atoms with E-state index in [0.717, 1.165) is 47.2 Å². The smallest absolute Gasteiger partial charge is 0.409 e. The lowest BCUT2D eigenvalue weighted by Gasteiger charge is -2.40. The zero-order chi connectivity index (χ0) is 20.3. The van der Waals surface area contributed by atoms with E-state index in [0.29, 0.717) is 17.8 Å². The van der Waals surface area contributed by atoms with Crippen LogP contribution < -0.4 is 4.74 Å². The molecule has 2 fully saturated rings. The molecule has 2 aliphatic carbocycles. The number of benzene rings is 3. The van der Waals surface area contributed by atoms with Gasteiger partial charge in [0.05, 0.1) is 0 Å². The van der Waals surface area contributed by atoms with Gasteiger partial charge in [0.2, 0.25) is 0 Å². The molecule has 3 nitrogen and oxygen atoms in total. The summed E-state index contributed by atoms with van der Waals surface area (Å²) in [6.07, 6.45) is 11.8. The molecule has 0 bridgehead atoms. The molecule has 3 aromatic carbocycles. The number of carbonyl (C=O) groups is 1. The molecule has 0 N–H and O–H groups in total. The van der Waals surface area contributed by atoms with E-state index in [1.54, 1.807) is 0 Å². The first kappa shape index (κ1) is 19.4. The summed E-state index contributed by atoms with van der Waals surface area (Å²) in [5.74, 6) is 0.713. The van der Waals surface area contributed by atoms with E-state index in [2.05, 4.69) is 35.2 Å². The van der Waals surface area contributed by atoms with E-state index in [9.17, 15) is 4.79 Å². The zero-order valence-corrected chi connectivity index (χ0v) is 17.7. The Morgan fingerprint density at radius 1 is 0.700 bits per heavy atom. The van der Waals surface area contributed by atoms with Crippen LogP contribution in [0.2, 0.25) is 0 Å². The summed E-state index contributed by atoms with van der Waals surface area (Å²) in [6, 6.07) is 19.3.